The normalized spacial score (nSPS) is 13.1. The van der Waals surface area contributed by atoms with Gasteiger partial charge in [-0.05, 0) is 36.6 Å². The molecule has 2 aromatic carbocycles. The topological polar surface area (TPSA) is 84.7 Å². The highest BCUT2D eigenvalue weighted by Gasteiger charge is 2.21. The Morgan fingerprint density at radius 1 is 1.32 bits per heavy atom. The van der Waals surface area contributed by atoms with E-state index in [-0.39, 0.29) is 23.8 Å². The van der Waals surface area contributed by atoms with Crippen molar-refractivity contribution < 1.29 is 14.5 Å². The standard InChI is InChI=1S/C18H19N3O4/c1-25-14-8-9-15(17(11-14)21(23)24)19-18(22)12-20-10-4-6-13-5-2-3-7-16(13)20/h2-3,5,7-9,11H,4,6,10,12H2,1H3,(H,19,22). The number of aryl methyl sites for hydroxylation is 1. The zero-order valence-corrected chi connectivity index (χ0v) is 13.9. The van der Waals surface area contributed by atoms with Gasteiger partial charge in [0.25, 0.3) is 5.69 Å². The monoisotopic (exact) mass is 341 g/mol. The summed E-state index contributed by atoms with van der Waals surface area (Å²) >= 11 is 0. The number of ether oxygens (including phenoxy) is 1. The van der Waals surface area contributed by atoms with Gasteiger partial charge in [-0.1, -0.05) is 18.2 Å². The minimum absolute atomic E-state index is 0.153. The minimum atomic E-state index is -0.533. The fourth-order valence-electron chi connectivity index (χ4n) is 3.03. The lowest BCUT2D eigenvalue weighted by Gasteiger charge is -2.30. The van der Waals surface area contributed by atoms with Gasteiger partial charge in [0.15, 0.2) is 0 Å². The maximum atomic E-state index is 12.4. The molecule has 1 aliphatic rings. The Hall–Kier alpha value is -3.09. The van der Waals surface area contributed by atoms with Crippen LogP contribution in [0.5, 0.6) is 5.75 Å². The molecule has 3 rings (SSSR count). The summed E-state index contributed by atoms with van der Waals surface area (Å²) in [6.45, 7) is 0.940. The lowest BCUT2D eigenvalue weighted by atomic mass is 10.0. The average molecular weight is 341 g/mol. The Balaban J connectivity index is 1.75. The van der Waals surface area contributed by atoms with Crippen LogP contribution in [0, 0.1) is 10.1 Å². The van der Waals surface area contributed by atoms with Gasteiger partial charge in [0.2, 0.25) is 5.91 Å². The van der Waals surface area contributed by atoms with Gasteiger partial charge >= 0.3 is 0 Å². The molecule has 1 N–H and O–H groups in total. The van der Waals surface area contributed by atoms with E-state index in [4.69, 9.17) is 4.74 Å². The number of carbonyl (C=O) groups excluding carboxylic acids is 1. The molecule has 7 nitrogen and oxygen atoms in total. The van der Waals surface area contributed by atoms with Crippen molar-refractivity contribution in [2.24, 2.45) is 0 Å². The Labute approximate surface area is 145 Å². The van der Waals surface area contributed by atoms with Crippen molar-refractivity contribution in [1.82, 2.24) is 0 Å². The lowest BCUT2D eigenvalue weighted by Crippen LogP contribution is -2.36. The molecule has 25 heavy (non-hydrogen) atoms. The van der Waals surface area contributed by atoms with Crippen LogP contribution >= 0.6 is 0 Å². The van der Waals surface area contributed by atoms with E-state index in [0.29, 0.717) is 5.75 Å². The SMILES string of the molecule is COc1ccc(NC(=O)CN2CCCc3ccccc32)c([N+](=O)[O-])c1. The van der Waals surface area contributed by atoms with Gasteiger partial charge in [-0.2, -0.15) is 0 Å². The molecule has 0 aliphatic carbocycles. The average Bonchev–Trinajstić information content (AvgIpc) is 2.62. The summed E-state index contributed by atoms with van der Waals surface area (Å²) in [5.74, 6) is 0.0830. The fraction of sp³-hybridized carbons (Fsp3) is 0.278. The van der Waals surface area contributed by atoms with Crippen molar-refractivity contribution in [3.8, 4) is 5.75 Å². The quantitative estimate of drug-likeness (QED) is 0.667. The molecule has 0 atom stereocenters. The lowest BCUT2D eigenvalue weighted by molar-refractivity contribution is -0.384. The van der Waals surface area contributed by atoms with Crippen molar-refractivity contribution in [1.29, 1.82) is 0 Å². The number of benzene rings is 2. The molecule has 0 aromatic heterocycles. The number of anilines is 2. The summed E-state index contributed by atoms with van der Waals surface area (Å²) in [5.41, 5.74) is 2.25. The first-order chi connectivity index (χ1) is 12.1. The maximum Gasteiger partial charge on any atom is 0.296 e. The van der Waals surface area contributed by atoms with Crippen LogP contribution in [0.4, 0.5) is 17.1 Å². The number of nitrogens with one attached hydrogen (secondary N) is 1. The third kappa shape index (κ3) is 3.71. The first-order valence-electron chi connectivity index (χ1n) is 8.03. The molecule has 1 heterocycles. The second kappa shape index (κ2) is 7.21. The van der Waals surface area contributed by atoms with Gasteiger partial charge < -0.3 is 15.0 Å². The number of hydrogen-bond donors (Lipinski definition) is 1. The van der Waals surface area contributed by atoms with E-state index in [1.165, 1.54) is 24.8 Å². The molecule has 0 saturated heterocycles. The van der Waals surface area contributed by atoms with E-state index >= 15 is 0 Å². The van der Waals surface area contributed by atoms with E-state index in [0.717, 1.165) is 25.1 Å². The van der Waals surface area contributed by atoms with Crippen molar-refractivity contribution >= 4 is 23.0 Å². The molecule has 1 aliphatic heterocycles. The number of carbonyl (C=O) groups is 1. The summed E-state index contributed by atoms with van der Waals surface area (Å²) in [7, 11) is 1.44. The number of methoxy groups -OCH3 is 1. The number of fused-ring (bicyclic) bond motifs is 1. The molecule has 2 aromatic rings. The number of para-hydroxylation sites is 1. The zero-order valence-electron chi connectivity index (χ0n) is 13.9. The Bertz CT molecular complexity index is 807. The number of rotatable bonds is 5. The Morgan fingerprint density at radius 3 is 2.88 bits per heavy atom. The highest BCUT2D eigenvalue weighted by molar-refractivity contribution is 5.96. The molecule has 0 saturated carbocycles. The van der Waals surface area contributed by atoms with Crippen LogP contribution in [0.25, 0.3) is 0 Å². The van der Waals surface area contributed by atoms with Crippen LogP contribution in [0.2, 0.25) is 0 Å². The van der Waals surface area contributed by atoms with Gasteiger partial charge in [-0.15, -0.1) is 0 Å². The Morgan fingerprint density at radius 2 is 2.12 bits per heavy atom. The van der Waals surface area contributed by atoms with Crippen LogP contribution in [0.1, 0.15) is 12.0 Å². The number of amides is 1. The van der Waals surface area contributed by atoms with Gasteiger partial charge in [0.05, 0.1) is 24.6 Å². The van der Waals surface area contributed by atoms with E-state index in [2.05, 4.69) is 11.4 Å². The van der Waals surface area contributed by atoms with E-state index in [1.54, 1.807) is 6.07 Å². The summed E-state index contributed by atoms with van der Waals surface area (Å²) in [5, 5.41) is 13.9. The number of nitrogens with zero attached hydrogens (tertiary/aromatic N) is 2. The van der Waals surface area contributed by atoms with E-state index in [1.807, 2.05) is 23.1 Å². The number of nitro groups is 1. The third-order valence-corrected chi connectivity index (χ3v) is 4.22. The highest BCUT2D eigenvalue weighted by Crippen LogP contribution is 2.30. The molecular weight excluding hydrogens is 322 g/mol. The zero-order chi connectivity index (χ0) is 17.8. The fourth-order valence-corrected chi connectivity index (χ4v) is 3.03. The second-order valence-corrected chi connectivity index (χ2v) is 5.84. The molecule has 0 fully saturated rings. The van der Waals surface area contributed by atoms with Crippen molar-refractivity contribution in [3.63, 3.8) is 0 Å². The van der Waals surface area contributed by atoms with Crippen LogP contribution < -0.4 is 15.0 Å². The van der Waals surface area contributed by atoms with Crippen LogP contribution in [-0.2, 0) is 11.2 Å². The van der Waals surface area contributed by atoms with Crippen LogP contribution in [-0.4, -0.2) is 31.0 Å². The molecule has 7 heteroatoms. The predicted octanol–water partition coefficient (Wildman–Crippen LogP) is 2.99. The first kappa shape index (κ1) is 16.8. The second-order valence-electron chi connectivity index (χ2n) is 5.84. The molecular formula is C18H19N3O4. The highest BCUT2D eigenvalue weighted by atomic mass is 16.6. The molecule has 130 valence electrons. The van der Waals surface area contributed by atoms with Gasteiger partial charge in [-0.25, -0.2) is 0 Å². The van der Waals surface area contributed by atoms with Gasteiger partial charge in [-0.3, -0.25) is 14.9 Å². The van der Waals surface area contributed by atoms with Crippen LogP contribution in [0.3, 0.4) is 0 Å². The van der Waals surface area contributed by atoms with E-state index < -0.39 is 4.92 Å². The maximum absolute atomic E-state index is 12.4. The summed E-state index contributed by atoms with van der Waals surface area (Å²) < 4.78 is 5.00. The smallest absolute Gasteiger partial charge is 0.296 e. The van der Waals surface area contributed by atoms with Gasteiger partial charge in [0.1, 0.15) is 11.4 Å². The van der Waals surface area contributed by atoms with Crippen molar-refractivity contribution in [2.45, 2.75) is 12.8 Å². The Kier molecular flexibility index (Phi) is 4.83. The summed E-state index contributed by atoms with van der Waals surface area (Å²) in [6, 6.07) is 12.4. The number of hydrogen-bond acceptors (Lipinski definition) is 5. The predicted molar refractivity (Wildman–Crippen MR) is 95.3 cm³/mol. The van der Waals surface area contributed by atoms with E-state index in [9.17, 15) is 14.9 Å². The van der Waals surface area contributed by atoms with Gasteiger partial charge in [0, 0.05) is 12.2 Å². The molecule has 0 unspecified atom stereocenters. The van der Waals surface area contributed by atoms with Crippen molar-refractivity contribution in [3.05, 3.63) is 58.1 Å². The molecule has 1 amide bonds. The van der Waals surface area contributed by atoms with Crippen molar-refractivity contribution in [2.75, 3.05) is 30.4 Å². The first-order valence-corrected chi connectivity index (χ1v) is 8.03. The largest absolute Gasteiger partial charge is 0.496 e. The molecule has 0 bridgehead atoms. The minimum Gasteiger partial charge on any atom is -0.496 e. The number of nitro benzene ring substituents is 1. The summed E-state index contributed by atoms with van der Waals surface area (Å²) in [6.07, 6.45) is 1.98. The molecule has 0 radical (unpaired) electrons. The van der Waals surface area contributed by atoms with Crippen LogP contribution in [0.15, 0.2) is 42.5 Å². The molecule has 0 spiro atoms. The third-order valence-electron chi connectivity index (χ3n) is 4.22. The summed E-state index contributed by atoms with van der Waals surface area (Å²) in [4.78, 5) is 25.1.